The van der Waals surface area contributed by atoms with E-state index in [4.69, 9.17) is 15.2 Å². The first-order chi connectivity index (χ1) is 13.0. The Kier molecular flexibility index (Phi) is 10.7. The van der Waals surface area contributed by atoms with E-state index < -0.39 is 0 Å². The fraction of sp³-hybridized carbons (Fsp3) is 0.381. The van der Waals surface area contributed by atoms with Crippen LogP contribution in [0.4, 0.5) is 5.69 Å². The molecule has 0 aliphatic carbocycles. The molecule has 28 heavy (non-hydrogen) atoms. The number of guanidine groups is 1. The molecule has 0 aromatic heterocycles. The van der Waals surface area contributed by atoms with E-state index in [-0.39, 0.29) is 24.0 Å². The van der Waals surface area contributed by atoms with Crippen molar-refractivity contribution in [1.29, 1.82) is 0 Å². The molecule has 2 aromatic rings. The fourth-order valence-electron chi connectivity index (χ4n) is 2.70. The van der Waals surface area contributed by atoms with Gasteiger partial charge in [-0.1, -0.05) is 24.3 Å². The van der Waals surface area contributed by atoms with Crippen LogP contribution >= 0.6 is 24.0 Å². The molecule has 0 amide bonds. The van der Waals surface area contributed by atoms with Crippen LogP contribution in [0.2, 0.25) is 0 Å². The van der Waals surface area contributed by atoms with Gasteiger partial charge in [0.05, 0.1) is 25.4 Å². The van der Waals surface area contributed by atoms with E-state index in [1.54, 1.807) is 0 Å². The van der Waals surface area contributed by atoms with Gasteiger partial charge in [0.25, 0.3) is 0 Å². The van der Waals surface area contributed by atoms with Crippen molar-refractivity contribution in [3.8, 4) is 11.5 Å². The Hall–Kier alpha value is -2.00. The Morgan fingerprint density at radius 1 is 1.04 bits per heavy atom. The second-order valence-electron chi connectivity index (χ2n) is 6.36. The molecule has 2 aromatic carbocycles. The summed E-state index contributed by atoms with van der Waals surface area (Å²) in [5, 5.41) is 3.14. The van der Waals surface area contributed by atoms with Gasteiger partial charge in [-0.05, 0) is 51.2 Å². The van der Waals surface area contributed by atoms with Gasteiger partial charge in [-0.2, -0.15) is 0 Å². The smallest absolute Gasteiger partial charge is 0.193 e. The molecular formula is C21H31IN4O2. The number of rotatable bonds is 9. The molecular weight excluding hydrogens is 467 g/mol. The Morgan fingerprint density at radius 3 is 2.36 bits per heavy atom. The monoisotopic (exact) mass is 498 g/mol. The van der Waals surface area contributed by atoms with Crippen LogP contribution in [0.25, 0.3) is 0 Å². The number of nitrogens with zero attached hydrogens (tertiary/aromatic N) is 2. The van der Waals surface area contributed by atoms with Gasteiger partial charge in [0.15, 0.2) is 5.96 Å². The number of nitrogens with two attached hydrogens (primary N) is 1. The molecule has 0 aliphatic rings. The third-order valence-electron chi connectivity index (χ3n) is 3.85. The lowest BCUT2D eigenvalue weighted by Gasteiger charge is -2.15. The minimum Gasteiger partial charge on any atom is -0.494 e. The molecule has 3 N–H and O–H groups in total. The summed E-state index contributed by atoms with van der Waals surface area (Å²) in [6.07, 6.45) is 0. The van der Waals surface area contributed by atoms with Gasteiger partial charge in [0, 0.05) is 12.6 Å². The maximum Gasteiger partial charge on any atom is 0.193 e. The SMILES string of the molecule is CCOc1ccc(OCC)c(NC(N)=NCc2ccccc2CN(C)C)c1.I. The van der Waals surface area contributed by atoms with Crippen molar-refractivity contribution in [3.63, 3.8) is 0 Å². The lowest BCUT2D eigenvalue weighted by Crippen LogP contribution is -2.23. The number of hydrogen-bond acceptors (Lipinski definition) is 4. The molecule has 0 aliphatic heterocycles. The first kappa shape index (κ1) is 24.0. The van der Waals surface area contributed by atoms with Crippen molar-refractivity contribution in [2.24, 2.45) is 10.7 Å². The summed E-state index contributed by atoms with van der Waals surface area (Å²) in [4.78, 5) is 6.64. The Balaban J connectivity index is 0.00000392. The third kappa shape index (κ3) is 7.55. The summed E-state index contributed by atoms with van der Waals surface area (Å²) in [5.41, 5.74) is 9.27. The van der Waals surface area contributed by atoms with E-state index in [0.717, 1.165) is 23.5 Å². The molecule has 0 saturated carbocycles. The molecule has 0 unspecified atom stereocenters. The van der Waals surface area contributed by atoms with Gasteiger partial charge in [-0.25, -0.2) is 4.99 Å². The average Bonchev–Trinajstić information content (AvgIpc) is 2.63. The van der Waals surface area contributed by atoms with Crippen LogP contribution in [0.1, 0.15) is 25.0 Å². The molecule has 0 heterocycles. The minimum atomic E-state index is 0. The lowest BCUT2D eigenvalue weighted by molar-refractivity contribution is 0.332. The fourth-order valence-corrected chi connectivity index (χ4v) is 2.70. The predicted octanol–water partition coefficient (Wildman–Crippen LogP) is 4.09. The van der Waals surface area contributed by atoms with E-state index in [1.165, 1.54) is 5.56 Å². The van der Waals surface area contributed by atoms with Crippen molar-refractivity contribution in [1.82, 2.24) is 4.90 Å². The standard InChI is InChI=1S/C21H30N4O2.HI/c1-5-26-18-11-12-20(27-6-2)19(13-18)24-21(22)23-14-16-9-7-8-10-17(16)15-25(3)4;/h7-13H,5-6,14-15H2,1-4H3,(H3,22,23,24);1H. The zero-order chi connectivity index (χ0) is 19.6. The molecule has 0 fully saturated rings. The van der Waals surface area contributed by atoms with Gasteiger partial charge < -0.3 is 25.4 Å². The molecule has 0 spiro atoms. The average molecular weight is 498 g/mol. The Morgan fingerprint density at radius 2 is 1.71 bits per heavy atom. The molecule has 0 saturated heterocycles. The van der Waals surface area contributed by atoms with E-state index in [1.807, 2.05) is 44.2 Å². The second-order valence-corrected chi connectivity index (χ2v) is 6.36. The number of benzene rings is 2. The Bertz CT molecular complexity index is 766. The van der Waals surface area contributed by atoms with Crippen LogP contribution in [0.15, 0.2) is 47.5 Å². The lowest BCUT2D eigenvalue weighted by atomic mass is 10.1. The van der Waals surface area contributed by atoms with Crippen molar-refractivity contribution >= 4 is 35.6 Å². The van der Waals surface area contributed by atoms with Crippen LogP contribution in [-0.4, -0.2) is 38.2 Å². The largest absolute Gasteiger partial charge is 0.494 e. The number of hydrogen-bond donors (Lipinski definition) is 2. The van der Waals surface area contributed by atoms with Crippen molar-refractivity contribution in [2.45, 2.75) is 26.9 Å². The van der Waals surface area contributed by atoms with Gasteiger partial charge in [-0.15, -0.1) is 24.0 Å². The van der Waals surface area contributed by atoms with Crippen LogP contribution in [0.3, 0.4) is 0 Å². The molecule has 6 nitrogen and oxygen atoms in total. The minimum absolute atomic E-state index is 0. The van der Waals surface area contributed by atoms with E-state index >= 15 is 0 Å². The summed E-state index contributed by atoms with van der Waals surface area (Å²) in [7, 11) is 4.10. The van der Waals surface area contributed by atoms with Crippen LogP contribution in [0.5, 0.6) is 11.5 Å². The number of ether oxygens (including phenoxy) is 2. The number of aliphatic imine (C=N–C) groups is 1. The second kappa shape index (κ2) is 12.5. The summed E-state index contributed by atoms with van der Waals surface area (Å²) in [6.45, 7) is 6.43. The highest BCUT2D eigenvalue weighted by Gasteiger charge is 2.08. The van der Waals surface area contributed by atoms with E-state index in [9.17, 15) is 0 Å². The highest BCUT2D eigenvalue weighted by atomic mass is 127. The number of halogens is 1. The van der Waals surface area contributed by atoms with Crippen LogP contribution < -0.4 is 20.5 Å². The maximum atomic E-state index is 6.13. The van der Waals surface area contributed by atoms with Gasteiger partial charge in [0.1, 0.15) is 11.5 Å². The number of anilines is 1. The van der Waals surface area contributed by atoms with Crippen LogP contribution in [0, 0.1) is 0 Å². The highest BCUT2D eigenvalue weighted by Crippen LogP contribution is 2.29. The van der Waals surface area contributed by atoms with E-state index in [0.29, 0.717) is 31.5 Å². The summed E-state index contributed by atoms with van der Waals surface area (Å²) < 4.78 is 11.2. The molecule has 0 atom stereocenters. The topological polar surface area (TPSA) is 72.1 Å². The van der Waals surface area contributed by atoms with Crippen molar-refractivity contribution in [3.05, 3.63) is 53.6 Å². The highest BCUT2D eigenvalue weighted by molar-refractivity contribution is 14.0. The zero-order valence-electron chi connectivity index (χ0n) is 17.1. The summed E-state index contributed by atoms with van der Waals surface area (Å²) >= 11 is 0. The maximum absolute atomic E-state index is 6.13. The number of nitrogens with one attached hydrogen (secondary N) is 1. The molecule has 0 radical (unpaired) electrons. The molecule has 7 heteroatoms. The first-order valence-electron chi connectivity index (χ1n) is 9.21. The summed E-state index contributed by atoms with van der Waals surface area (Å²) in [5.74, 6) is 1.81. The van der Waals surface area contributed by atoms with Gasteiger partial charge in [0.2, 0.25) is 0 Å². The summed E-state index contributed by atoms with van der Waals surface area (Å²) in [6, 6.07) is 13.9. The predicted molar refractivity (Wildman–Crippen MR) is 127 cm³/mol. The Labute approximate surface area is 185 Å². The zero-order valence-corrected chi connectivity index (χ0v) is 19.4. The first-order valence-corrected chi connectivity index (χ1v) is 9.21. The van der Waals surface area contributed by atoms with Crippen molar-refractivity contribution < 1.29 is 9.47 Å². The van der Waals surface area contributed by atoms with Gasteiger partial charge >= 0.3 is 0 Å². The molecule has 154 valence electrons. The van der Waals surface area contributed by atoms with Gasteiger partial charge in [-0.3, -0.25) is 0 Å². The quantitative estimate of drug-likeness (QED) is 0.310. The van der Waals surface area contributed by atoms with Crippen molar-refractivity contribution in [2.75, 3.05) is 32.6 Å². The normalized spacial score (nSPS) is 11.1. The van der Waals surface area contributed by atoms with Crippen LogP contribution in [-0.2, 0) is 13.1 Å². The molecule has 0 bridgehead atoms. The molecule has 2 rings (SSSR count). The third-order valence-corrected chi connectivity index (χ3v) is 3.85. The van der Waals surface area contributed by atoms with E-state index in [2.05, 4.69) is 41.4 Å².